The Labute approximate surface area is 215 Å². The van der Waals surface area contributed by atoms with Crippen LogP contribution in [0.2, 0.25) is 0 Å². The quantitative estimate of drug-likeness (QED) is 0.673. The van der Waals surface area contributed by atoms with Crippen LogP contribution in [0, 0.1) is 11.3 Å². The van der Waals surface area contributed by atoms with Gasteiger partial charge in [-0.3, -0.25) is 14.5 Å². The predicted molar refractivity (Wildman–Crippen MR) is 134 cm³/mol. The summed E-state index contributed by atoms with van der Waals surface area (Å²) in [5.41, 5.74) is 10.8. The van der Waals surface area contributed by atoms with Crippen molar-refractivity contribution in [3.05, 3.63) is 59.7 Å². The molecule has 190 valence electrons. The lowest BCUT2D eigenvalue weighted by Gasteiger charge is -2.35. The molecule has 2 aromatic carbocycles. The van der Waals surface area contributed by atoms with Crippen molar-refractivity contribution in [1.82, 2.24) is 14.7 Å². The molecule has 9 heteroatoms. The summed E-state index contributed by atoms with van der Waals surface area (Å²) in [6.07, 6.45) is 1.45. The highest BCUT2D eigenvalue weighted by Gasteiger charge is 2.52. The van der Waals surface area contributed by atoms with Gasteiger partial charge < -0.3 is 20.3 Å². The van der Waals surface area contributed by atoms with E-state index in [2.05, 4.69) is 30.3 Å². The SMILES string of the molecule is N#C[C@@H]1CCCN1C(=O)[C@@H](N)CN1C(=O)[C@@H]2C[C@H]1CN2C(=O)OCC1c2ccccc2-c2ccccc21. The zero-order valence-electron chi connectivity index (χ0n) is 20.5. The fraction of sp³-hybridized carbons (Fsp3) is 0.429. The molecular formula is C28H29N5O4. The van der Waals surface area contributed by atoms with Gasteiger partial charge in [0.15, 0.2) is 0 Å². The van der Waals surface area contributed by atoms with E-state index >= 15 is 0 Å². The van der Waals surface area contributed by atoms with Gasteiger partial charge in [-0.25, -0.2) is 4.79 Å². The van der Waals surface area contributed by atoms with Gasteiger partial charge in [-0.15, -0.1) is 0 Å². The normalized spacial score (nSPS) is 24.7. The molecule has 2 bridgehead atoms. The molecule has 4 atom stereocenters. The summed E-state index contributed by atoms with van der Waals surface area (Å²) in [7, 11) is 0. The second-order valence-corrected chi connectivity index (χ2v) is 10.3. The number of hydrogen-bond donors (Lipinski definition) is 1. The van der Waals surface area contributed by atoms with Crippen molar-refractivity contribution >= 4 is 17.9 Å². The summed E-state index contributed by atoms with van der Waals surface area (Å²) in [4.78, 5) is 43.6. The Morgan fingerprint density at radius 3 is 2.41 bits per heavy atom. The number of carbonyl (C=O) groups excluding carboxylic acids is 3. The lowest BCUT2D eigenvalue weighted by molar-refractivity contribution is -0.138. The van der Waals surface area contributed by atoms with E-state index in [1.807, 2.05) is 24.3 Å². The van der Waals surface area contributed by atoms with Gasteiger partial charge in [-0.05, 0) is 41.5 Å². The van der Waals surface area contributed by atoms with Crippen LogP contribution >= 0.6 is 0 Å². The minimum atomic E-state index is -0.889. The Morgan fingerprint density at radius 2 is 1.76 bits per heavy atom. The van der Waals surface area contributed by atoms with Crippen LogP contribution < -0.4 is 5.73 Å². The number of carbonyl (C=O) groups is 3. The van der Waals surface area contributed by atoms with Crippen LogP contribution in [0.5, 0.6) is 0 Å². The van der Waals surface area contributed by atoms with Crippen LogP contribution in [0.25, 0.3) is 11.1 Å². The maximum atomic E-state index is 13.1. The zero-order chi connectivity index (χ0) is 25.7. The number of benzene rings is 2. The molecule has 3 aliphatic heterocycles. The third-order valence-corrected chi connectivity index (χ3v) is 8.25. The molecule has 1 aliphatic carbocycles. The largest absolute Gasteiger partial charge is 0.448 e. The molecule has 4 aliphatic rings. The molecule has 3 amide bonds. The fourth-order valence-electron chi connectivity index (χ4n) is 6.43. The predicted octanol–water partition coefficient (Wildman–Crippen LogP) is 2.06. The number of amides is 3. The monoisotopic (exact) mass is 499 g/mol. The fourth-order valence-corrected chi connectivity index (χ4v) is 6.43. The Bertz CT molecular complexity index is 1260. The summed E-state index contributed by atoms with van der Waals surface area (Å²) >= 11 is 0. The second kappa shape index (κ2) is 9.20. The number of nitrogens with two attached hydrogens (primary N) is 1. The molecule has 0 unspecified atom stereocenters. The molecule has 0 saturated carbocycles. The summed E-state index contributed by atoms with van der Waals surface area (Å²) < 4.78 is 5.77. The van der Waals surface area contributed by atoms with Crippen LogP contribution in [-0.2, 0) is 14.3 Å². The van der Waals surface area contributed by atoms with E-state index < -0.39 is 24.2 Å². The van der Waals surface area contributed by atoms with E-state index in [0.29, 0.717) is 25.9 Å². The summed E-state index contributed by atoms with van der Waals surface area (Å²) in [5.74, 6) is -0.547. The zero-order valence-corrected chi connectivity index (χ0v) is 20.5. The third kappa shape index (κ3) is 3.83. The molecule has 0 radical (unpaired) electrons. The Kier molecular flexibility index (Phi) is 5.84. The Hall–Kier alpha value is -3.90. The smallest absolute Gasteiger partial charge is 0.410 e. The van der Waals surface area contributed by atoms with Crippen molar-refractivity contribution in [3.63, 3.8) is 0 Å². The molecule has 3 fully saturated rings. The highest BCUT2D eigenvalue weighted by atomic mass is 16.6. The minimum Gasteiger partial charge on any atom is -0.448 e. The van der Waals surface area contributed by atoms with Gasteiger partial charge in [0.2, 0.25) is 11.8 Å². The number of piperazine rings is 1. The highest BCUT2D eigenvalue weighted by Crippen LogP contribution is 2.44. The van der Waals surface area contributed by atoms with Crippen molar-refractivity contribution in [2.24, 2.45) is 5.73 Å². The van der Waals surface area contributed by atoms with E-state index in [-0.39, 0.29) is 36.9 Å². The highest BCUT2D eigenvalue weighted by molar-refractivity contribution is 5.91. The number of nitrogens with zero attached hydrogens (tertiary/aromatic N) is 4. The topological polar surface area (TPSA) is 120 Å². The lowest BCUT2D eigenvalue weighted by Crippen LogP contribution is -2.57. The van der Waals surface area contributed by atoms with Gasteiger partial charge in [-0.1, -0.05) is 48.5 Å². The standard InChI is InChI=1S/C28H29N5O4/c29-13-17-6-5-11-31(17)26(34)24(30)15-32-18-12-25(27(32)35)33(14-18)28(36)37-16-23-21-9-3-1-7-19(21)20-8-2-4-10-22(20)23/h1-4,7-10,17-18,23-25H,5-6,11-12,14-16,30H2/t17-,18-,24-,25-/m0/s1. The van der Waals surface area contributed by atoms with Gasteiger partial charge >= 0.3 is 6.09 Å². The first-order chi connectivity index (χ1) is 18.0. The minimum absolute atomic E-state index is 0.0461. The van der Waals surface area contributed by atoms with Crippen molar-refractivity contribution in [1.29, 1.82) is 5.26 Å². The van der Waals surface area contributed by atoms with Crippen molar-refractivity contribution < 1.29 is 19.1 Å². The van der Waals surface area contributed by atoms with E-state index in [0.717, 1.165) is 28.7 Å². The van der Waals surface area contributed by atoms with Crippen molar-refractivity contribution in [2.45, 2.75) is 49.3 Å². The van der Waals surface area contributed by atoms with Crippen LogP contribution in [0.15, 0.2) is 48.5 Å². The first-order valence-electron chi connectivity index (χ1n) is 12.9. The molecule has 3 heterocycles. The number of hydrogen-bond acceptors (Lipinski definition) is 6. The van der Waals surface area contributed by atoms with Gasteiger partial charge in [0.25, 0.3) is 0 Å². The second-order valence-electron chi connectivity index (χ2n) is 10.3. The van der Waals surface area contributed by atoms with Gasteiger partial charge in [-0.2, -0.15) is 5.26 Å². The van der Waals surface area contributed by atoms with Crippen LogP contribution in [-0.4, -0.2) is 83.0 Å². The molecule has 37 heavy (non-hydrogen) atoms. The number of rotatable bonds is 5. The van der Waals surface area contributed by atoms with E-state index in [4.69, 9.17) is 10.5 Å². The Balaban J connectivity index is 1.08. The molecular weight excluding hydrogens is 470 g/mol. The maximum absolute atomic E-state index is 13.1. The molecule has 0 spiro atoms. The molecule has 2 aromatic rings. The average Bonchev–Trinajstić information content (AvgIpc) is 3.69. The van der Waals surface area contributed by atoms with Crippen LogP contribution in [0.1, 0.15) is 36.3 Å². The van der Waals surface area contributed by atoms with E-state index in [1.165, 1.54) is 9.80 Å². The third-order valence-electron chi connectivity index (χ3n) is 8.25. The molecule has 9 nitrogen and oxygen atoms in total. The number of fused-ring (bicyclic) bond motifs is 5. The van der Waals surface area contributed by atoms with Gasteiger partial charge in [0, 0.05) is 25.6 Å². The number of ether oxygens (including phenoxy) is 1. The summed E-state index contributed by atoms with van der Waals surface area (Å²) in [6.45, 7) is 1.17. The molecule has 3 saturated heterocycles. The summed E-state index contributed by atoms with van der Waals surface area (Å²) in [6, 6.07) is 16.3. The average molecular weight is 500 g/mol. The first-order valence-corrected chi connectivity index (χ1v) is 12.9. The Morgan fingerprint density at radius 1 is 1.08 bits per heavy atom. The van der Waals surface area contributed by atoms with E-state index in [1.54, 1.807) is 4.90 Å². The van der Waals surface area contributed by atoms with Crippen LogP contribution in [0.4, 0.5) is 4.79 Å². The van der Waals surface area contributed by atoms with Gasteiger partial charge in [0.05, 0.1) is 12.1 Å². The van der Waals surface area contributed by atoms with Crippen LogP contribution in [0.3, 0.4) is 0 Å². The van der Waals surface area contributed by atoms with Crippen molar-refractivity contribution in [2.75, 3.05) is 26.2 Å². The molecule has 6 rings (SSSR count). The molecule has 0 aromatic heterocycles. The van der Waals surface area contributed by atoms with E-state index in [9.17, 15) is 19.6 Å². The summed E-state index contributed by atoms with van der Waals surface area (Å²) in [5, 5.41) is 9.27. The maximum Gasteiger partial charge on any atom is 0.410 e. The van der Waals surface area contributed by atoms with Gasteiger partial charge in [0.1, 0.15) is 24.7 Å². The number of nitriles is 1. The lowest BCUT2D eigenvalue weighted by atomic mass is 9.98. The number of likely N-dealkylation sites (tertiary alicyclic amines) is 3. The van der Waals surface area contributed by atoms with Crippen molar-refractivity contribution in [3.8, 4) is 17.2 Å². The molecule has 2 N–H and O–H groups in total. The first kappa shape index (κ1) is 23.5.